The predicted molar refractivity (Wildman–Crippen MR) is 99.1 cm³/mol. The molecule has 1 aliphatic heterocycles. The smallest absolute Gasteiger partial charge is 0.267 e. The summed E-state index contributed by atoms with van der Waals surface area (Å²) >= 11 is 7.60. The number of carbonyl (C=O) groups excluding carboxylic acids is 1. The van der Waals surface area contributed by atoms with E-state index in [9.17, 15) is 9.59 Å². The van der Waals surface area contributed by atoms with Gasteiger partial charge >= 0.3 is 0 Å². The fourth-order valence-corrected chi connectivity index (χ4v) is 3.74. The van der Waals surface area contributed by atoms with Crippen LogP contribution in [0.3, 0.4) is 0 Å². The van der Waals surface area contributed by atoms with Crippen LogP contribution < -0.4 is 10.9 Å². The van der Waals surface area contributed by atoms with Gasteiger partial charge in [0.1, 0.15) is 6.54 Å². The van der Waals surface area contributed by atoms with Crippen molar-refractivity contribution < 1.29 is 9.32 Å². The molecule has 0 aliphatic carbocycles. The Hall–Kier alpha value is -2.58. The molecule has 1 aliphatic rings. The molecule has 3 aromatic rings. The van der Waals surface area contributed by atoms with Crippen LogP contribution in [-0.4, -0.2) is 20.8 Å². The summed E-state index contributed by atoms with van der Waals surface area (Å²) in [5.74, 6) is 1.47. The molecule has 0 radical (unpaired) electrons. The van der Waals surface area contributed by atoms with E-state index in [4.69, 9.17) is 16.1 Å². The highest BCUT2D eigenvalue weighted by molar-refractivity contribution is 7.98. The van der Waals surface area contributed by atoms with Gasteiger partial charge in [-0.05, 0) is 18.2 Å². The number of aromatic nitrogens is 3. The average molecular weight is 389 g/mol. The first-order chi connectivity index (χ1) is 12.6. The second kappa shape index (κ2) is 6.97. The fraction of sp³-hybridized carbons (Fsp3) is 0.176. The van der Waals surface area contributed by atoms with Crippen LogP contribution in [-0.2, 0) is 22.8 Å². The van der Waals surface area contributed by atoms with E-state index >= 15 is 0 Å². The molecule has 26 heavy (non-hydrogen) atoms. The van der Waals surface area contributed by atoms with Crippen molar-refractivity contribution in [2.24, 2.45) is 0 Å². The zero-order valence-corrected chi connectivity index (χ0v) is 15.0. The number of halogens is 1. The lowest BCUT2D eigenvalue weighted by Gasteiger charge is -2.07. The summed E-state index contributed by atoms with van der Waals surface area (Å²) in [4.78, 5) is 24.3. The van der Waals surface area contributed by atoms with Crippen molar-refractivity contribution in [3.8, 4) is 11.3 Å². The van der Waals surface area contributed by atoms with Crippen molar-refractivity contribution in [1.82, 2.24) is 14.9 Å². The Morgan fingerprint density at radius 2 is 2.04 bits per heavy atom. The molecule has 0 bridgehead atoms. The van der Waals surface area contributed by atoms with Gasteiger partial charge in [0.05, 0.1) is 17.0 Å². The van der Waals surface area contributed by atoms with Gasteiger partial charge in [0.25, 0.3) is 5.56 Å². The van der Waals surface area contributed by atoms with Crippen molar-refractivity contribution >= 4 is 35.2 Å². The van der Waals surface area contributed by atoms with Gasteiger partial charge < -0.3 is 4.52 Å². The van der Waals surface area contributed by atoms with E-state index in [-0.39, 0.29) is 12.1 Å². The SMILES string of the molecule is O=C(Cn1nc(-c2ccc(Cl)cc2)ccc1=O)Nc1onc2c1CSC2. The molecule has 9 heteroatoms. The number of benzene rings is 1. The van der Waals surface area contributed by atoms with Gasteiger partial charge in [-0.1, -0.05) is 28.9 Å². The van der Waals surface area contributed by atoms with Crippen molar-refractivity contribution in [3.05, 3.63) is 63.0 Å². The Balaban J connectivity index is 1.53. The van der Waals surface area contributed by atoms with Gasteiger partial charge in [-0.3, -0.25) is 14.9 Å². The summed E-state index contributed by atoms with van der Waals surface area (Å²) in [6.07, 6.45) is 0. The van der Waals surface area contributed by atoms with E-state index in [1.807, 2.05) is 0 Å². The number of hydrogen-bond acceptors (Lipinski definition) is 6. The molecule has 3 heterocycles. The summed E-state index contributed by atoms with van der Waals surface area (Å²) in [7, 11) is 0. The maximum atomic E-state index is 12.3. The third-order valence-electron chi connectivity index (χ3n) is 3.91. The third kappa shape index (κ3) is 3.38. The number of rotatable bonds is 4. The maximum Gasteiger partial charge on any atom is 0.267 e. The maximum absolute atomic E-state index is 12.3. The number of hydrogen-bond donors (Lipinski definition) is 1. The third-order valence-corrected chi connectivity index (χ3v) is 5.13. The highest BCUT2D eigenvalue weighted by Crippen LogP contribution is 2.34. The normalized spacial score (nSPS) is 12.8. The molecule has 1 aromatic carbocycles. The van der Waals surface area contributed by atoms with Crippen LogP contribution in [0.1, 0.15) is 11.3 Å². The van der Waals surface area contributed by atoms with E-state index in [2.05, 4.69) is 15.6 Å². The highest BCUT2D eigenvalue weighted by atomic mass is 35.5. The zero-order valence-electron chi connectivity index (χ0n) is 13.4. The van der Waals surface area contributed by atoms with Crippen LogP contribution in [0.2, 0.25) is 5.02 Å². The van der Waals surface area contributed by atoms with E-state index in [1.165, 1.54) is 6.07 Å². The minimum atomic E-state index is -0.399. The molecule has 7 nitrogen and oxygen atoms in total. The largest absolute Gasteiger partial charge is 0.338 e. The first-order valence-corrected chi connectivity index (χ1v) is 9.32. The molecule has 1 N–H and O–H groups in total. The Bertz CT molecular complexity index is 1030. The lowest BCUT2D eigenvalue weighted by atomic mass is 10.1. The van der Waals surface area contributed by atoms with Crippen LogP contribution in [0, 0.1) is 0 Å². The molecule has 0 spiro atoms. The topological polar surface area (TPSA) is 90.0 Å². The minimum absolute atomic E-state index is 0.219. The van der Waals surface area contributed by atoms with E-state index in [0.29, 0.717) is 16.6 Å². The number of nitrogens with zero attached hydrogens (tertiary/aromatic N) is 3. The standard InChI is InChI=1S/C17H13ClN4O3S/c18-11-3-1-10(2-4-11)13-5-6-16(24)22(20-13)7-15(23)19-17-12-8-26-9-14(12)21-25-17/h1-6H,7-9H2,(H,19,23). The Kier molecular flexibility index (Phi) is 4.52. The Labute approximate surface area is 157 Å². The Morgan fingerprint density at radius 1 is 1.23 bits per heavy atom. The number of carbonyl (C=O) groups is 1. The molecule has 0 atom stereocenters. The second-order valence-corrected chi connectivity index (χ2v) is 7.12. The first kappa shape index (κ1) is 16.9. The molecule has 0 saturated carbocycles. The summed E-state index contributed by atoms with van der Waals surface area (Å²) < 4.78 is 6.28. The lowest BCUT2D eigenvalue weighted by molar-refractivity contribution is -0.117. The van der Waals surface area contributed by atoms with Gasteiger partial charge in [-0.2, -0.15) is 16.9 Å². The molecule has 132 valence electrons. The number of thioether (sulfide) groups is 1. The minimum Gasteiger partial charge on any atom is -0.338 e. The monoisotopic (exact) mass is 388 g/mol. The van der Waals surface area contributed by atoms with E-state index in [0.717, 1.165) is 33.0 Å². The van der Waals surface area contributed by atoms with Crippen LogP contribution in [0.15, 0.2) is 45.7 Å². The molecule has 1 amide bonds. The molecule has 0 fully saturated rings. The summed E-state index contributed by atoms with van der Waals surface area (Å²) in [6, 6.07) is 10.1. The number of anilines is 1. The first-order valence-electron chi connectivity index (χ1n) is 7.79. The number of nitrogens with one attached hydrogen (secondary N) is 1. The van der Waals surface area contributed by atoms with Crippen LogP contribution in [0.5, 0.6) is 0 Å². The molecular weight excluding hydrogens is 376 g/mol. The molecule has 0 saturated heterocycles. The molecule has 0 unspecified atom stereocenters. The van der Waals surface area contributed by atoms with Crippen LogP contribution >= 0.6 is 23.4 Å². The molecular formula is C17H13ClN4O3S. The fourth-order valence-electron chi connectivity index (χ4n) is 2.59. The van der Waals surface area contributed by atoms with Crippen LogP contribution in [0.4, 0.5) is 5.88 Å². The van der Waals surface area contributed by atoms with E-state index in [1.54, 1.807) is 42.1 Å². The lowest BCUT2D eigenvalue weighted by Crippen LogP contribution is -2.29. The quantitative estimate of drug-likeness (QED) is 0.739. The van der Waals surface area contributed by atoms with Gasteiger partial charge in [-0.25, -0.2) is 4.68 Å². The average Bonchev–Trinajstić information content (AvgIpc) is 3.23. The van der Waals surface area contributed by atoms with Crippen molar-refractivity contribution in [2.75, 3.05) is 5.32 Å². The molecule has 4 rings (SSSR count). The zero-order chi connectivity index (χ0) is 18.1. The summed E-state index contributed by atoms with van der Waals surface area (Å²) in [5.41, 5.74) is 2.76. The van der Waals surface area contributed by atoms with Gasteiger partial charge in [0, 0.05) is 28.2 Å². The van der Waals surface area contributed by atoms with Gasteiger partial charge in [0.2, 0.25) is 11.8 Å². The van der Waals surface area contributed by atoms with Crippen molar-refractivity contribution in [1.29, 1.82) is 0 Å². The van der Waals surface area contributed by atoms with Gasteiger partial charge in [-0.15, -0.1) is 0 Å². The highest BCUT2D eigenvalue weighted by Gasteiger charge is 2.23. The summed E-state index contributed by atoms with van der Waals surface area (Å²) in [6.45, 7) is -0.219. The number of fused-ring (bicyclic) bond motifs is 1. The van der Waals surface area contributed by atoms with Crippen molar-refractivity contribution in [2.45, 2.75) is 18.1 Å². The van der Waals surface area contributed by atoms with E-state index < -0.39 is 5.91 Å². The van der Waals surface area contributed by atoms with Gasteiger partial charge in [0.15, 0.2) is 0 Å². The Morgan fingerprint density at radius 3 is 2.85 bits per heavy atom. The second-order valence-electron chi connectivity index (χ2n) is 5.70. The summed E-state index contributed by atoms with van der Waals surface area (Å²) in [5, 5.41) is 11.5. The number of amides is 1. The molecule has 2 aromatic heterocycles. The van der Waals surface area contributed by atoms with Crippen molar-refractivity contribution in [3.63, 3.8) is 0 Å². The predicted octanol–water partition coefficient (Wildman–Crippen LogP) is 2.94. The van der Waals surface area contributed by atoms with Crippen LogP contribution in [0.25, 0.3) is 11.3 Å².